The molecule has 2 aromatic carbocycles. The maximum absolute atomic E-state index is 12.5. The van der Waals surface area contributed by atoms with Gasteiger partial charge in [0.15, 0.2) is 5.96 Å². The fraction of sp³-hybridized carbons (Fsp3) is 0.318. The first kappa shape index (κ1) is 20.5. The third-order valence-electron chi connectivity index (χ3n) is 4.90. The van der Waals surface area contributed by atoms with E-state index in [1.54, 1.807) is 0 Å². The number of nitrogens with two attached hydrogens (primary N) is 3. The van der Waals surface area contributed by atoms with Crippen molar-refractivity contribution >= 4 is 23.3 Å². The van der Waals surface area contributed by atoms with E-state index >= 15 is 0 Å². The number of nitrogens with zero attached hydrogens (tertiary/aromatic N) is 2. The first-order valence-corrected chi connectivity index (χ1v) is 9.79. The zero-order chi connectivity index (χ0) is 20.8. The molecule has 152 valence electrons. The van der Waals surface area contributed by atoms with Gasteiger partial charge in [-0.2, -0.15) is 0 Å². The molecule has 0 spiro atoms. The molecule has 0 saturated heterocycles. The summed E-state index contributed by atoms with van der Waals surface area (Å²) in [6, 6.07) is 14.4. The molecule has 0 aromatic heterocycles. The van der Waals surface area contributed by atoms with E-state index < -0.39 is 0 Å². The van der Waals surface area contributed by atoms with E-state index in [4.69, 9.17) is 17.2 Å². The number of benzene rings is 2. The molecular formula is C22H28N6O. The van der Waals surface area contributed by atoms with Gasteiger partial charge in [0.05, 0.1) is 5.69 Å². The summed E-state index contributed by atoms with van der Waals surface area (Å²) in [5.41, 5.74) is 22.5. The lowest BCUT2D eigenvalue weighted by molar-refractivity contribution is -0.114. The van der Waals surface area contributed by atoms with E-state index in [2.05, 4.69) is 52.6 Å². The van der Waals surface area contributed by atoms with E-state index in [-0.39, 0.29) is 17.9 Å². The Morgan fingerprint density at radius 3 is 2.62 bits per heavy atom. The predicted octanol–water partition coefficient (Wildman–Crippen LogP) is 1.79. The van der Waals surface area contributed by atoms with Crippen molar-refractivity contribution in [1.29, 1.82) is 0 Å². The number of fused-ring (bicyclic) bond motifs is 1. The Morgan fingerprint density at radius 2 is 1.90 bits per heavy atom. The fourth-order valence-electron chi connectivity index (χ4n) is 3.23. The molecule has 0 unspecified atom stereocenters. The highest BCUT2D eigenvalue weighted by atomic mass is 16.1. The Hall–Kier alpha value is -3.19. The molecule has 0 saturated carbocycles. The van der Waals surface area contributed by atoms with Gasteiger partial charge in [0.2, 0.25) is 0 Å². The van der Waals surface area contributed by atoms with Gasteiger partial charge in [0.1, 0.15) is 5.71 Å². The van der Waals surface area contributed by atoms with Gasteiger partial charge < -0.3 is 22.5 Å². The highest BCUT2D eigenvalue weighted by Crippen LogP contribution is 2.32. The maximum atomic E-state index is 12.5. The molecule has 0 aliphatic carbocycles. The third kappa shape index (κ3) is 5.65. The average Bonchev–Trinajstić information content (AvgIpc) is 3.13. The highest BCUT2D eigenvalue weighted by Gasteiger charge is 2.21. The number of aryl methyl sites for hydroxylation is 1. The smallest absolute Gasteiger partial charge is 0.266 e. The minimum Gasteiger partial charge on any atom is -0.370 e. The topological polar surface area (TPSA) is 132 Å². The molecule has 7 nitrogen and oxygen atoms in total. The summed E-state index contributed by atoms with van der Waals surface area (Å²) in [6.07, 6.45) is 2.03. The van der Waals surface area contributed by atoms with Crippen LogP contribution in [0.1, 0.15) is 24.0 Å². The van der Waals surface area contributed by atoms with Gasteiger partial charge in [-0.3, -0.25) is 9.79 Å². The van der Waals surface area contributed by atoms with Crippen molar-refractivity contribution in [1.82, 2.24) is 5.32 Å². The van der Waals surface area contributed by atoms with Crippen LogP contribution in [0.4, 0.5) is 5.69 Å². The summed E-state index contributed by atoms with van der Waals surface area (Å²) in [5.74, 6) is -0.0889. The van der Waals surface area contributed by atoms with Crippen molar-refractivity contribution in [3.05, 3.63) is 53.6 Å². The number of hydrogen-bond donors (Lipinski definition) is 4. The quantitative estimate of drug-likeness (QED) is 0.310. The summed E-state index contributed by atoms with van der Waals surface area (Å²) in [6.45, 7) is 3.00. The second-order valence-corrected chi connectivity index (χ2v) is 7.36. The molecular weight excluding hydrogens is 364 g/mol. The average molecular weight is 393 g/mol. The molecule has 0 radical (unpaired) electrons. The van der Waals surface area contributed by atoms with Gasteiger partial charge in [-0.25, -0.2) is 4.99 Å². The molecule has 0 fully saturated rings. The van der Waals surface area contributed by atoms with Crippen LogP contribution in [0.25, 0.3) is 11.1 Å². The van der Waals surface area contributed by atoms with E-state index in [1.165, 1.54) is 5.56 Å². The summed E-state index contributed by atoms with van der Waals surface area (Å²) >= 11 is 0. The van der Waals surface area contributed by atoms with Crippen LogP contribution in [-0.2, 0) is 11.2 Å². The van der Waals surface area contributed by atoms with Crippen molar-refractivity contribution in [3.8, 4) is 11.1 Å². The van der Waals surface area contributed by atoms with Crippen molar-refractivity contribution in [2.75, 3.05) is 13.1 Å². The van der Waals surface area contributed by atoms with Crippen LogP contribution in [0.3, 0.4) is 0 Å². The number of nitrogens with one attached hydrogen (secondary N) is 1. The van der Waals surface area contributed by atoms with E-state index in [0.717, 1.165) is 35.2 Å². The van der Waals surface area contributed by atoms with Gasteiger partial charge in [-0.05, 0) is 42.5 Å². The number of carbonyl (C=O) groups is 1. The van der Waals surface area contributed by atoms with E-state index in [9.17, 15) is 4.79 Å². The van der Waals surface area contributed by atoms with Gasteiger partial charge >= 0.3 is 0 Å². The summed E-state index contributed by atoms with van der Waals surface area (Å²) in [4.78, 5) is 20.9. The van der Waals surface area contributed by atoms with Crippen LogP contribution >= 0.6 is 0 Å². The lowest BCUT2D eigenvalue weighted by Crippen LogP contribution is -2.40. The van der Waals surface area contributed by atoms with Crippen LogP contribution in [0, 0.1) is 6.92 Å². The van der Waals surface area contributed by atoms with E-state index in [0.29, 0.717) is 25.2 Å². The number of carbonyl (C=O) groups excluding carboxylic acids is 1. The standard InChI is InChI=1S/C22H28N6O/c1-14-4-6-15(7-5-14)16-8-9-17-12-20(28-19(17)11-16)21(29)27-13-18(23)3-2-10-26-22(24)25/h4-9,11,18H,2-3,10,12-13,23H2,1H3,(H,27,29)(H4,24,25,26)/t18-/m0/s1. The van der Waals surface area contributed by atoms with Gasteiger partial charge in [0.25, 0.3) is 5.91 Å². The van der Waals surface area contributed by atoms with Crippen molar-refractivity contribution in [3.63, 3.8) is 0 Å². The Balaban J connectivity index is 1.55. The Kier molecular flexibility index (Phi) is 6.61. The highest BCUT2D eigenvalue weighted by molar-refractivity contribution is 6.40. The first-order valence-electron chi connectivity index (χ1n) is 9.79. The maximum Gasteiger partial charge on any atom is 0.266 e. The second kappa shape index (κ2) is 9.34. The van der Waals surface area contributed by atoms with Crippen molar-refractivity contribution < 1.29 is 4.79 Å². The van der Waals surface area contributed by atoms with Crippen LogP contribution in [0.15, 0.2) is 52.4 Å². The van der Waals surface area contributed by atoms with Crippen LogP contribution in [0.5, 0.6) is 0 Å². The molecule has 3 rings (SSSR count). The SMILES string of the molecule is Cc1ccc(-c2ccc3c(c2)N=C(C(=O)NC[C@@H](N)CCCN=C(N)N)C3)cc1. The molecule has 1 aliphatic rings. The monoisotopic (exact) mass is 392 g/mol. The molecule has 7 heteroatoms. The van der Waals surface area contributed by atoms with Crippen LogP contribution in [-0.4, -0.2) is 36.7 Å². The normalized spacial score (nSPS) is 13.4. The molecule has 1 amide bonds. The molecule has 29 heavy (non-hydrogen) atoms. The number of guanidine groups is 1. The Labute approximate surface area is 171 Å². The predicted molar refractivity (Wildman–Crippen MR) is 118 cm³/mol. The summed E-state index contributed by atoms with van der Waals surface area (Å²) < 4.78 is 0. The minimum atomic E-state index is -0.169. The Morgan fingerprint density at radius 1 is 1.17 bits per heavy atom. The largest absolute Gasteiger partial charge is 0.370 e. The number of aliphatic imine (C=N–C) groups is 2. The minimum absolute atomic E-state index is 0.0798. The van der Waals surface area contributed by atoms with Gasteiger partial charge in [-0.15, -0.1) is 0 Å². The number of amides is 1. The van der Waals surface area contributed by atoms with Crippen LogP contribution < -0.4 is 22.5 Å². The zero-order valence-corrected chi connectivity index (χ0v) is 16.7. The zero-order valence-electron chi connectivity index (χ0n) is 16.7. The molecule has 7 N–H and O–H groups in total. The van der Waals surface area contributed by atoms with Crippen LogP contribution in [0.2, 0.25) is 0 Å². The molecule has 1 aliphatic heterocycles. The first-order chi connectivity index (χ1) is 13.9. The second-order valence-electron chi connectivity index (χ2n) is 7.36. The lowest BCUT2D eigenvalue weighted by atomic mass is 10.0. The Bertz CT molecular complexity index is 929. The van der Waals surface area contributed by atoms with Gasteiger partial charge in [-0.1, -0.05) is 42.0 Å². The van der Waals surface area contributed by atoms with E-state index in [1.807, 2.05) is 12.1 Å². The van der Waals surface area contributed by atoms with Crippen molar-refractivity contribution in [2.45, 2.75) is 32.2 Å². The number of rotatable bonds is 8. The molecule has 0 bridgehead atoms. The fourth-order valence-corrected chi connectivity index (χ4v) is 3.23. The third-order valence-corrected chi connectivity index (χ3v) is 4.90. The number of hydrogen-bond acceptors (Lipinski definition) is 4. The lowest BCUT2D eigenvalue weighted by Gasteiger charge is -2.12. The molecule has 2 aromatic rings. The van der Waals surface area contributed by atoms with Crippen molar-refractivity contribution in [2.24, 2.45) is 27.2 Å². The summed E-state index contributed by atoms with van der Waals surface area (Å²) in [5, 5.41) is 2.88. The molecule has 1 heterocycles. The van der Waals surface area contributed by atoms with Gasteiger partial charge in [0, 0.05) is 25.6 Å². The molecule has 1 atom stereocenters. The summed E-state index contributed by atoms with van der Waals surface area (Å²) in [7, 11) is 0.